The topological polar surface area (TPSA) is 64.6 Å². The van der Waals surface area contributed by atoms with E-state index in [-0.39, 0.29) is 17.0 Å². The van der Waals surface area contributed by atoms with Crippen molar-refractivity contribution in [2.24, 2.45) is 0 Å². The number of esters is 1. The Hall–Kier alpha value is -2.18. The zero-order valence-electron chi connectivity index (χ0n) is 10.5. The van der Waals surface area contributed by atoms with Crippen LogP contribution in [0.15, 0.2) is 18.2 Å². The molecule has 0 radical (unpaired) electrons. The molecule has 2 aliphatic rings. The van der Waals surface area contributed by atoms with Crippen LogP contribution in [0.3, 0.4) is 0 Å². The van der Waals surface area contributed by atoms with Crippen molar-refractivity contribution in [3.8, 4) is 5.75 Å². The van der Waals surface area contributed by atoms with E-state index in [0.717, 1.165) is 0 Å². The van der Waals surface area contributed by atoms with Crippen molar-refractivity contribution in [3.05, 3.63) is 23.8 Å². The lowest BCUT2D eigenvalue weighted by atomic mass is 9.75. The molecule has 7 heteroatoms. The summed E-state index contributed by atoms with van der Waals surface area (Å²) in [4.78, 5) is 23.3. The highest BCUT2D eigenvalue weighted by Crippen LogP contribution is 2.51. The minimum absolute atomic E-state index is 0.241. The van der Waals surface area contributed by atoms with Crippen LogP contribution in [0.4, 0.5) is 14.5 Å². The Morgan fingerprint density at radius 1 is 1.40 bits per heavy atom. The number of carbonyl (C=O) groups excluding carboxylic acids is 2. The molecule has 106 valence electrons. The molecule has 3 rings (SSSR count). The summed E-state index contributed by atoms with van der Waals surface area (Å²) in [6.45, 7) is 0. The van der Waals surface area contributed by atoms with Crippen molar-refractivity contribution >= 4 is 17.6 Å². The molecule has 0 atom stereocenters. The SMILES string of the molecule is COC(=O)c1ccc2c(c1)NC(=O)C1(CC(F)(F)C1)O2. The van der Waals surface area contributed by atoms with Crippen molar-refractivity contribution in [3.63, 3.8) is 0 Å². The highest BCUT2D eigenvalue weighted by atomic mass is 19.3. The Labute approximate surface area is 112 Å². The summed E-state index contributed by atoms with van der Waals surface area (Å²) in [6.07, 6.45) is -1.27. The maximum Gasteiger partial charge on any atom is 0.337 e. The molecule has 1 amide bonds. The van der Waals surface area contributed by atoms with Gasteiger partial charge in [-0.1, -0.05) is 0 Å². The first-order chi connectivity index (χ1) is 9.35. The molecule has 20 heavy (non-hydrogen) atoms. The third-order valence-electron chi connectivity index (χ3n) is 3.46. The summed E-state index contributed by atoms with van der Waals surface area (Å²) < 4.78 is 36.0. The van der Waals surface area contributed by atoms with Crippen molar-refractivity contribution < 1.29 is 27.8 Å². The number of fused-ring (bicyclic) bond motifs is 1. The van der Waals surface area contributed by atoms with Crippen molar-refractivity contribution in [2.75, 3.05) is 12.4 Å². The fourth-order valence-corrected chi connectivity index (χ4v) is 2.47. The number of hydrogen-bond donors (Lipinski definition) is 1. The van der Waals surface area contributed by atoms with Gasteiger partial charge in [-0.3, -0.25) is 4.79 Å². The molecule has 0 bridgehead atoms. The van der Waals surface area contributed by atoms with Gasteiger partial charge in [-0.2, -0.15) is 0 Å². The summed E-state index contributed by atoms with van der Waals surface area (Å²) in [5, 5.41) is 2.50. The number of benzene rings is 1. The van der Waals surface area contributed by atoms with Gasteiger partial charge < -0.3 is 14.8 Å². The largest absolute Gasteiger partial charge is 0.475 e. The number of hydrogen-bond acceptors (Lipinski definition) is 4. The van der Waals surface area contributed by atoms with Gasteiger partial charge in [-0.05, 0) is 18.2 Å². The molecule has 1 fully saturated rings. The molecule has 1 spiro atoms. The van der Waals surface area contributed by atoms with E-state index in [2.05, 4.69) is 10.1 Å². The van der Waals surface area contributed by atoms with Gasteiger partial charge in [0.1, 0.15) is 5.75 Å². The van der Waals surface area contributed by atoms with E-state index in [4.69, 9.17) is 4.74 Å². The number of anilines is 1. The first kappa shape index (κ1) is 12.8. The zero-order chi connectivity index (χ0) is 14.5. The zero-order valence-corrected chi connectivity index (χ0v) is 10.5. The van der Waals surface area contributed by atoms with Crippen molar-refractivity contribution in [1.82, 2.24) is 0 Å². The lowest BCUT2D eigenvalue weighted by Gasteiger charge is -2.47. The smallest absolute Gasteiger partial charge is 0.337 e. The number of amides is 1. The molecule has 1 aliphatic carbocycles. The first-order valence-corrected chi connectivity index (χ1v) is 5.96. The minimum atomic E-state index is -2.87. The number of rotatable bonds is 1. The van der Waals surface area contributed by atoms with Crippen LogP contribution in [0.5, 0.6) is 5.75 Å². The van der Waals surface area contributed by atoms with Gasteiger partial charge in [0.05, 0.1) is 31.2 Å². The van der Waals surface area contributed by atoms with Crippen LogP contribution in [0.25, 0.3) is 0 Å². The fourth-order valence-electron chi connectivity index (χ4n) is 2.47. The number of alkyl halides is 2. The van der Waals surface area contributed by atoms with Crippen LogP contribution in [0.1, 0.15) is 23.2 Å². The van der Waals surface area contributed by atoms with Crippen LogP contribution in [0, 0.1) is 0 Å². The molecule has 1 saturated carbocycles. The van der Waals surface area contributed by atoms with E-state index in [1.54, 1.807) is 0 Å². The number of halogens is 2. The fraction of sp³-hybridized carbons (Fsp3) is 0.385. The molecule has 1 aromatic carbocycles. The van der Waals surface area contributed by atoms with Crippen LogP contribution < -0.4 is 10.1 Å². The lowest BCUT2D eigenvalue weighted by Crippen LogP contribution is -2.63. The van der Waals surface area contributed by atoms with Crippen LogP contribution in [0.2, 0.25) is 0 Å². The molecule has 1 aromatic rings. The molecule has 0 unspecified atom stereocenters. The first-order valence-electron chi connectivity index (χ1n) is 5.96. The molecule has 1 aliphatic heterocycles. The van der Waals surface area contributed by atoms with Crippen LogP contribution in [-0.4, -0.2) is 30.5 Å². The molecule has 0 aromatic heterocycles. The highest BCUT2D eigenvalue weighted by Gasteiger charge is 2.64. The molecule has 5 nitrogen and oxygen atoms in total. The predicted octanol–water partition coefficient (Wildman–Crippen LogP) is 1.97. The second-order valence-corrected chi connectivity index (χ2v) is 4.96. The summed E-state index contributed by atoms with van der Waals surface area (Å²) in [5.74, 6) is -3.77. The second kappa shape index (κ2) is 3.91. The monoisotopic (exact) mass is 283 g/mol. The van der Waals surface area contributed by atoms with E-state index < -0.39 is 36.2 Å². The van der Waals surface area contributed by atoms with E-state index in [0.29, 0.717) is 0 Å². The number of carbonyl (C=O) groups is 2. The van der Waals surface area contributed by atoms with Gasteiger partial charge in [0, 0.05) is 0 Å². The molecular formula is C13H11F2NO4. The number of nitrogens with one attached hydrogen (secondary N) is 1. The quantitative estimate of drug-likeness (QED) is 0.800. The summed E-state index contributed by atoms with van der Waals surface area (Å²) in [7, 11) is 1.24. The van der Waals surface area contributed by atoms with Crippen LogP contribution in [-0.2, 0) is 9.53 Å². The lowest BCUT2D eigenvalue weighted by molar-refractivity contribution is -0.196. The maximum absolute atomic E-state index is 13.0. The average molecular weight is 283 g/mol. The standard InChI is InChI=1S/C13H11F2NO4/c1-19-10(17)7-2-3-9-8(4-7)16-11(18)12(20-9)5-13(14,15)6-12/h2-4H,5-6H2,1H3,(H,16,18). The summed E-state index contributed by atoms with van der Waals surface area (Å²) in [5.41, 5.74) is -0.979. The van der Waals surface area contributed by atoms with Gasteiger partial charge in [-0.25, -0.2) is 13.6 Å². The second-order valence-electron chi connectivity index (χ2n) is 4.96. The third-order valence-corrected chi connectivity index (χ3v) is 3.46. The van der Waals surface area contributed by atoms with E-state index in [1.807, 2.05) is 0 Å². The van der Waals surface area contributed by atoms with Gasteiger partial charge >= 0.3 is 5.97 Å². The summed E-state index contributed by atoms with van der Waals surface area (Å²) in [6, 6.07) is 4.30. The number of ether oxygens (including phenoxy) is 2. The maximum atomic E-state index is 13.0. The highest BCUT2D eigenvalue weighted by molar-refractivity contribution is 6.03. The third kappa shape index (κ3) is 1.81. The van der Waals surface area contributed by atoms with Crippen molar-refractivity contribution in [1.29, 1.82) is 0 Å². The molecule has 1 heterocycles. The van der Waals surface area contributed by atoms with E-state index in [9.17, 15) is 18.4 Å². The van der Waals surface area contributed by atoms with Crippen molar-refractivity contribution in [2.45, 2.75) is 24.4 Å². The Bertz CT molecular complexity index is 606. The van der Waals surface area contributed by atoms with Gasteiger partial charge in [0.2, 0.25) is 0 Å². The summed E-state index contributed by atoms with van der Waals surface area (Å²) >= 11 is 0. The van der Waals surface area contributed by atoms with E-state index in [1.165, 1.54) is 25.3 Å². The molecule has 1 N–H and O–H groups in total. The Kier molecular flexibility index (Phi) is 2.51. The van der Waals surface area contributed by atoms with E-state index >= 15 is 0 Å². The Morgan fingerprint density at radius 3 is 2.70 bits per heavy atom. The minimum Gasteiger partial charge on any atom is -0.475 e. The van der Waals surface area contributed by atoms with Crippen LogP contribution >= 0.6 is 0 Å². The molecule has 0 saturated heterocycles. The van der Waals surface area contributed by atoms with Gasteiger partial charge in [0.25, 0.3) is 11.8 Å². The van der Waals surface area contributed by atoms with Gasteiger partial charge in [-0.15, -0.1) is 0 Å². The average Bonchev–Trinajstić information content (AvgIpc) is 2.36. The number of methoxy groups -OCH3 is 1. The Morgan fingerprint density at radius 2 is 2.10 bits per heavy atom. The predicted molar refractivity (Wildman–Crippen MR) is 64.0 cm³/mol. The van der Waals surface area contributed by atoms with Gasteiger partial charge in [0.15, 0.2) is 5.60 Å². The Balaban J connectivity index is 1.90. The molecular weight excluding hydrogens is 272 g/mol. The normalized spacial score (nSPS) is 21.2.